The summed E-state index contributed by atoms with van der Waals surface area (Å²) in [4.78, 5) is 11.1. The molecular weight excluding hydrogens is 216 g/mol. The third-order valence-corrected chi connectivity index (χ3v) is 2.77. The van der Waals surface area contributed by atoms with Crippen LogP contribution in [0.1, 0.15) is 24.0 Å². The van der Waals surface area contributed by atoms with Crippen molar-refractivity contribution in [3.8, 4) is 0 Å². The molecule has 1 aromatic rings. The van der Waals surface area contributed by atoms with E-state index in [2.05, 4.69) is 0 Å². The second-order valence-electron chi connectivity index (χ2n) is 4.39. The van der Waals surface area contributed by atoms with Gasteiger partial charge in [-0.25, -0.2) is 0 Å². The van der Waals surface area contributed by atoms with Gasteiger partial charge in [-0.15, -0.1) is 0 Å². The van der Waals surface area contributed by atoms with Crippen molar-refractivity contribution in [1.29, 1.82) is 0 Å². The number of hydrogen-bond acceptors (Lipinski definition) is 3. The van der Waals surface area contributed by atoms with Gasteiger partial charge in [0.2, 0.25) is 0 Å². The van der Waals surface area contributed by atoms with Gasteiger partial charge in [0.05, 0.1) is 12.5 Å². The molecule has 17 heavy (non-hydrogen) atoms. The molecule has 0 bridgehead atoms. The van der Waals surface area contributed by atoms with Crippen LogP contribution in [0.25, 0.3) is 6.08 Å². The second kappa shape index (κ2) is 5.15. The van der Waals surface area contributed by atoms with Crippen LogP contribution in [0.5, 0.6) is 0 Å². The molecular formula is C14H16O3. The fourth-order valence-electron chi connectivity index (χ4n) is 1.82. The highest BCUT2D eigenvalue weighted by Gasteiger charge is 2.25. The summed E-state index contributed by atoms with van der Waals surface area (Å²) in [6.45, 7) is 2.03. The van der Waals surface area contributed by atoms with Crippen LogP contribution >= 0.6 is 0 Å². The number of aliphatic hydroxyl groups excluding tert-OH is 1. The van der Waals surface area contributed by atoms with E-state index in [0.29, 0.717) is 6.42 Å². The molecule has 1 aromatic carbocycles. The molecule has 1 aliphatic heterocycles. The van der Waals surface area contributed by atoms with Crippen LogP contribution in [0.15, 0.2) is 30.3 Å². The van der Waals surface area contributed by atoms with E-state index in [-0.39, 0.29) is 18.5 Å². The quantitative estimate of drug-likeness (QED) is 0.794. The number of esters is 1. The molecule has 3 nitrogen and oxygen atoms in total. The molecule has 2 rings (SSSR count). The first-order chi connectivity index (χ1) is 8.13. The van der Waals surface area contributed by atoms with Crippen molar-refractivity contribution >= 4 is 12.0 Å². The van der Waals surface area contributed by atoms with Crippen molar-refractivity contribution in [2.24, 2.45) is 0 Å². The summed E-state index contributed by atoms with van der Waals surface area (Å²) in [6.07, 6.45) is 3.43. The van der Waals surface area contributed by atoms with Gasteiger partial charge < -0.3 is 9.84 Å². The van der Waals surface area contributed by atoms with Gasteiger partial charge in [0.1, 0.15) is 6.10 Å². The van der Waals surface area contributed by atoms with Gasteiger partial charge in [-0.3, -0.25) is 4.79 Å². The van der Waals surface area contributed by atoms with Crippen molar-refractivity contribution in [3.63, 3.8) is 0 Å². The Morgan fingerprint density at radius 3 is 2.71 bits per heavy atom. The zero-order valence-corrected chi connectivity index (χ0v) is 9.80. The van der Waals surface area contributed by atoms with E-state index in [1.165, 1.54) is 5.56 Å². The van der Waals surface area contributed by atoms with Crippen molar-refractivity contribution in [1.82, 2.24) is 0 Å². The Kier molecular flexibility index (Phi) is 3.59. The number of benzene rings is 1. The number of hydrogen-bond donors (Lipinski definition) is 1. The first kappa shape index (κ1) is 11.9. The molecule has 0 saturated carbocycles. The minimum atomic E-state index is -0.580. The fourth-order valence-corrected chi connectivity index (χ4v) is 1.82. The number of carbonyl (C=O) groups excluding carboxylic acids is 1. The van der Waals surface area contributed by atoms with Crippen molar-refractivity contribution in [2.45, 2.75) is 32.0 Å². The van der Waals surface area contributed by atoms with E-state index in [0.717, 1.165) is 5.56 Å². The molecule has 0 aromatic heterocycles. The zero-order chi connectivity index (χ0) is 12.3. The fraction of sp³-hybridized carbons (Fsp3) is 0.357. The molecule has 3 heteroatoms. The molecule has 1 heterocycles. The van der Waals surface area contributed by atoms with Gasteiger partial charge in [-0.1, -0.05) is 35.9 Å². The van der Waals surface area contributed by atoms with Crippen LogP contribution in [0.2, 0.25) is 0 Å². The predicted octanol–water partition coefficient (Wildman–Crippen LogP) is 2.07. The highest BCUT2D eigenvalue weighted by atomic mass is 16.5. The van der Waals surface area contributed by atoms with Gasteiger partial charge in [0, 0.05) is 6.42 Å². The molecule has 1 fully saturated rings. The Labute approximate surface area is 101 Å². The van der Waals surface area contributed by atoms with Crippen LogP contribution in [-0.2, 0) is 9.53 Å². The smallest absolute Gasteiger partial charge is 0.309 e. The van der Waals surface area contributed by atoms with Crippen LogP contribution in [0.3, 0.4) is 0 Å². The molecule has 1 aliphatic rings. The van der Waals surface area contributed by atoms with E-state index in [4.69, 9.17) is 4.74 Å². The number of aryl methyl sites for hydroxylation is 1. The molecule has 1 N–H and O–H groups in total. The Morgan fingerprint density at radius 1 is 1.35 bits per heavy atom. The van der Waals surface area contributed by atoms with Crippen LogP contribution in [0, 0.1) is 6.92 Å². The minimum absolute atomic E-state index is 0.106. The number of aliphatic hydroxyl groups is 1. The van der Waals surface area contributed by atoms with E-state index in [9.17, 15) is 9.90 Å². The van der Waals surface area contributed by atoms with Crippen LogP contribution < -0.4 is 0 Å². The van der Waals surface area contributed by atoms with Gasteiger partial charge in [0.15, 0.2) is 0 Å². The maximum Gasteiger partial charge on any atom is 0.309 e. The summed E-state index contributed by atoms with van der Waals surface area (Å²) >= 11 is 0. The summed E-state index contributed by atoms with van der Waals surface area (Å²) in [5.41, 5.74) is 2.27. The van der Waals surface area contributed by atoms with Gasteiger partial charge in [-0.05, 0) is 18.6 Å². The number of carbonyl (C=O) groups is 1. The first-order valence-corrected chi connectivity index (χ1v) is 5.76. The summed E-state index contributed by atoms with van der Waals surface area (Å²) in [5, 5.41) is 9.45. The zero-order valence-electron chi connectivity index (χ0n) is 9.80. The lowest BCUT2D eigenvalue weighted by Crippen LogP contribution is -2.31. The van der Waals surface area contributed by atoms with Gasteiger partial charge in [-0.2, -0.15) is 0 Å². The monoisotopic (exact) mass is 232 g/mol. The summed E-state index contributed by atoms with van der Waals surface area (Å²) in [7, 11) is 0. The van der Waals surface area contributed by atoms with Crippen molar-refractivity contribution < 1.29 is 14.6 Å². The first-order valence-electron chi connectivity index (χ1n) is 5.76. The number of cyclic esters (lactones) is 1. The Morgan fingerprint density at radius 2 is 2.06 bits per heavy atom. The SMILES string of the molecule is Cc1ccc(/C=C/[C@H]2C[C@H](O)CC(=O)O2)cc1. The van der Waals surface area contributed by atoms with Crippen molar-refractivity contribution in [2.75, 3.05) is 0 Å². The molecule has 0 radical (unpaired) electrons. The Balaban J connectivity index is 2.00. The lowest BCUT2D eigenvalue weighted by atomic mass is 10.0. The van der Waals surface area contributed by atoms with E-state index < -0.39 is 6.10 Å². The lowest BCUT2D eigenvalue weighted by molar-refractivity contribution is -0.156. The molecule has 90 valence electrons. The number of ether oxygens (including phenoxy) is 1. The lowest BCUT2D eigenvalue weighted by Gasteiger charge is -2.23. The molecule has 0 spiro atoms. The third kappa shape index (κ3) is 3.43. The minimum Gasteiger partial charge on any atom is -0.458 e. The maximum absolute atomic E-state index is 11.1. The molecule has 0 amide bonds. The van der Waals surface area contributed by atoms with Crippen molar-refractivity contribution in [3.05, 3.63) is 41.5 Å². The predicted molar refractivity (Wildman–Crippen MR) is 65.3 cm³/mol. The van der Waals surface area contributed by atoms with Gasteiger partial charge >= 0.3 is 5.97 Å². The molecule has 2 atom stereocenters. The topological polar surface area (TPSA) is 46.5 Å². The third-order valence-electron chi connectivity index (χ3n) is 2.77. The Bertz CT molecular complexity index is 420. The molecule has 1 saturated heterocycles. The highest BCUT2D eigenvalue weighted by molar-refractivity contribution is 5.71. The molecule has 0 unspecified atom stereocenters. The standard InChI is InChI=1S/C14H16O3/c1-10-2-4-11(5-3-10)6-7-13-8-12(15)9-14(16)17-13/h2-7,12-13,15H,8-9H2,1H3/b7-6+/t12-,13-/m0/s1. The Hall–Kier alpha value is -1.61. The summed E-state index contributed by atoms with van der Waals surface area (Å²) in [6, 6.07) is 8.07. The maximum atomic E-state index is 11.1. The van der Waals surface area contributed by atoms with E-state index in [1.54, 1.807) is 0 Å². The molecule has 0 aliphatic carbocycles. The average molecular weight is 232 g/mol. The summed E-state index contributed by atoms with van der Waals surface area (Å²) in [5.74, 6) is -0.331. The highest BCUT2D eigenvalue weighted by Crippen LogP contribution is 2.17. The largest absolute Gasteiger partial charge is 0.458 e. The van der Waals surface area contributed by atoms with Crippen LogP contribution in [0.4, 0.5) is 0 Å². The summed E-state index contributed by atoms with van der Waals surface area (Å²) < 4.78 is 5.12. The average Bonchev–Trinajstić information content (AvgIpc) is 2.27. The normalized spacial score (nSPS) is 24.9. The van der Waals surface area contributed by atoms with E-state index >= 15 is 0 Å². The second-order valence-corrected chi connectivity index (χ2v) is 4.39. The number of rotatable bonds is 2. The van der Waals surface area contributed by atoms with E-state index in [1.807, 2.05) is 43.3 Å². The van der Waals surface area contributed by atoms with Crippen LogP contribution in [-0.4, -0.2) is 23.3 Å². The van der Waals surface area contributed by atoms with Gasteiger partial charge in [0.25, 0.3) is 0 Å².